The van der Waals surface area contributed by atoms with Gasteiger partial charge in [0.25, 0.3) is 0 Å². The molecule has 1 aromatic heterocycles. The van der Waals surface area contributed by atoms with Gasteiger partial charge >= 0.3 is 0 Å². The van der Waals surface area contributed by atoms with Gasteiger partial charge in [-0.1, -0.05) is 26.2 Å². The fourth-order valence-corrected chi connectivity index (χ4v) is 4.92. The summed E-state index contributed by atoms with van der Waals surface area (Å²) >= 11 is 0. The first kappa shape index (κ1) is 15.5. The van der Waals surface area contributed by atoms with Crippen molar-refractivity contribution in [3.63, 3.8) is 0 Å². The number of nitrogens with two attached hydrogens (primary N) is 1. The molecule has 6 nitrogen and oxygen atoms in total. The molecule has 20 heavy (non-hydrogen) atoms. The van der Waals surface area contributed by atoms with Crippen LogP contribution in [-0.4, -0.2) is 41.5 Å². The Morgan fingerprint density at radius 2 is 2.10 bits per heavy atom. The Labute approximate surface area is 120 Å². The van der Waals surface area contributed by atoms with Crippen LogP contribution in [-0.2, 0) is 10.0 Å². The summed E-state index contributed by atoms with van der Waals surface area (Å²) in [6, 6.07) is 0. The van der Waals surface area contributed by atoms with E-state index < -0.39 is 15.6 Å². The average molecular weight is 300 g/mol. The van der Waals surface area contributed by atoms with E-state index in [0.717, 1.165) is 38.5 Å². The van der Waals surface area contributed by atoms with Crippen LogP contribution in [0.4, 0.5) is 0 Å². The third kappa shape index (κ3) is 2.75. The Morgan fingerprint density at radius 1 is 1.40 bits per heavy atom. The minimum Gasteiger partial charge on any atom is -0.329 e. The van der Waals surface area contributed by atoms with Crippen LogP contribution in [0.3, 0.4) is 0 Å². The van der Waals surface area contributed by atoms with Crippen molar-refractivity contribution < 1.29 is 8.42 Å². The van der Waals surface area contributed by atoms with Gasteiger partial charge in [0.1, 0.15) is 4.90 Å². The number of nitrogens with zero attached hydrogens (tertiary/aromatic N) is 2. The number of aromatic nitrogens is 2. The van der Waals surface area contributed by atoms with Gasteiger partial charge < -0.3 is 5.73 Å². The third-order valence-corrected chi connectivity index (χ3v) is 6.15. The second-order valence-electron chi connectivity index (χ2n) is 5.50. The minimum absolute atomic E-state index is 0.226. The molecule has 0 aliphatic heterocycles. The van der Waals surface area contributed by atoms with Crippen LogP contribution in [0.5, 0.6) is 0 Å². The molecule has 0 amide bonds. The van der Waals surface area contributed by atoms with Gasteiger partial charge in [-0.15, -0.1) is 0 Å². The highest BCUT2D eigenvalue weighted by Crippen LogP contribution is 2.36. The topological polar surface area (TPSA) is 92.1 Å². The molecule has 0 bridgehead atoms. The molecule has 0 radical (unpaired) electrons. The number of aromatic amines is 1. The van der Waals surface area contributed by atoms with Gasteiger partial charge in [0.2, 0.25) is 10.0 Å². The molecule has 114 valence electrons. The van der Waals surface area contributed by atoms with E-state index in [1.165, 1.54) is 12.4 Å². The van der Waals surface area contributed by atoms with Gasteiger partial charge in [-0.05, 0) is 19.3 Å². The molecule has 0 saturated heterocycles. The number of sulfonamides is 1. The molecule has 0 aromatic carbocycles. The molecular weight excluding hydrogens is 276 g/mol. The predicted molar refractivity (Wildman–Crippen MR) is 77.6 cm³/mol. The van der Waals surface area contributed by atoms with Gasteiger partial charge in [-0.25, -0.2) is 8.42 Å². The molecule has 2 rings (SSSR count). The fourth-order valence-electron chi connectivity index (χ4n) is 3.09. The SMILES string of the molecule is CCCN(C1(CN)CCCCC1)S(=O)(=O)c1cn[nH]c1. The number of H-pyrrole nitrogens is 1. The summed E-state index contributed by atoms with van der Waals surface area (Å²) in [6.45, 7) is 2.87. The van der Waals surface area contributed by atoms with E-state index in [1.54, 1.807) is 4.31 Å². The lowest BCUT2D eigenvalue weighted by atomic mass is 9.81. The summed E-state index contributed by atoms with van der Waals surface area (Å²) in [7, 11) is -3.53. The summed E-state index contributed by atoms with van der Waals surface area (Å²) in [4.78, 5) is 0.226. The van der Waals surface area contributed by atoms with Crippen molar-refractivity contribution in [2.24, 2.45) is 5.73 Å². The van der Waals surface area contributed by atoms with Gasteiger partial charge in [0, 0.05) is 24.8 Å². The first-order valence-corrected chi connectivity index (χ1v) is 8.72. The molecule has 1 aromatic rings. The van der Waals surface area contributed by atoms with Crippen LogP contribution in [0.1, 0.15) is 45.4 Å². The molecule has 1 aliphatic rings. The van der Waals surface area contributed by atoms with Crippen LogP contribution >= 0.6 is 0 Å². The quantitative estimate of drug-likeness (QED) is 0.832. The van der Waals surface area contributed by atoms with Crippen molar-refractivity contribution >= 4 is 10.0 Å². The molecule has 0 atom stereocenters. The smallest absolute Gasteiger partial charge is 0.246 e. The maximum Gasteiger partial charge on any atom is 0.246 e. The molecule has 0 spiro atoms. The highest BCUT2D eigenvalue weighted by molar-refractivity contribution is 7.89. The van der Waals surface area contributed by atoms with Crippen LogP contribution in [0.25, 0.3) is 0 Å². The molecule has 1 saturated carbocycles. The second-order valence-corrected chi connectivity index (χ2v) is 7.36. The number of nitrogens with one attached hydrogen (secondary N) is 1. The van der Waals surface area contributed by atoms with Crippen molar-refractivity contribution in [2.45, 2.75) is 55.9 Å². The largest absolute Gasteiger partial charge is 0.329 e. The van der Waals surface area contributed by atoms with Crippen LogP contribution in [0, 0.1) is 0 Å². The van der Waals surface area contributed by atoms with Crippen LogP contribution in [0.2, 0.25) is 0 Å². The highest BCUT2D eigenvalue weighted by Gasteiger charge is 2.43. The maximum atomic E-state index is 12.9. The van der Waals surface area contributed by atoms with Crippen molar-refractivity contribution in [1.29, 1.82) is 0 Å². The lowest BCUT2D eigenvalue weighted by Gasteiger charge is -2.44. The zero-order valence-corrected chi connectivity index (χ0v) is 12.8. The Balaban J connectivity index is 2.39. The van der Waals surface area contributed by atoms with Gasteiger partial charge in [-0.2, -0.15) is 9.40 Å². The molecule has 0 unspecified atom stereocenters. The van der Waals surface area contributed by atoms with Crippen molar-refractivity contribution in [3.8, 4) is 0 Å². The Bertz CT molecular complexity index is 506. The van der Waals surface area contributed by atoms with Gasteiger partial charge in [0.15, 0.2) is 0 Å². The Hall–Kier alpha value is -0.920. The normalized spacial score (nSPS) is 19.4. The summed E-state index contributed by atoms with van der Waals surface area (Å²) in [6.07, 6.45) is 8.51. The first-order chi connectivity index (χ1) is 9.57. The van der Waals surface area contributed by atoms with Crippen molar-refractivity contribution in [2.75, 3.05) is 13.1 Å². The van der Waals surface area contributed by atoms with Crippen molar-refractivity contribution in [3.05, 3.63) is 12.4 Å². The van der Waals surface area contributed by atoms with Crippen LogP contribution in [0.15, 0.2) is 17.3 Å². The summed E-state index contributed by atoms with van der Waals surface area (Å²) in [5, 5.41) is 6.34. The molecule has 1 aliphatic carbocycles. The van der Waals surface area contributed by atoms with E-state index in [1.807, 2.05) is 6.92 Å². The van der Waals surface area contributed by atoms with E-state index in [-0.39, 0.29) is 4.90 Å². The summed E-state index contributed by atoms with van der Waals surface area (Å²) in [5.74, 6) is 0. The maximum absolute atomic E-state index is 12.9. The zero-order chi connectivity index (χ0) is 14.6. The zero-order valence-electron chi connectivity index (χ0n) is 12.0. The molecule has 1 fully saturated rings. The number of rotatable bonds is 6. The van der Waals surface area contributed by atoms with E-state index in [9.17, 15) is 8.42 Å². The lowest BCUT2D eigenvalue weighted by Crippen LogP contribution is -2.57. The van der Waals surface area contributed by atoms with Crippen LogP contribution < -0.4 is 5.73 Å². The first-order valence-electron chi connectivity index (χ1n) is 7.28. The summed E-state index contributed by atoms with van der Waals surface area (Å²) in [5.41, 5.74) is 5.56. The van der Waals surface area contributed by atoms with Gasteiger partial charge in [-0.3, -0.25) is 5.10 Å². The third-order valence-electron chi connectivity index (χ3n) is 4.18. The van der Waals surface area contributed by atoms with E-state index in [4.69, 9.17) is 5.73 Å². The van der Waals surface area contributed by atoms with E-state index in [0.29, 0.717) is 13.1 Å². The number of hydrogen-bond acceptors (Lipinski definition) is 4. The van der Waals surface area contributed by atoms with E-state index in [2.05, 4.69) is 10.2 Å². The molecule has 1 heterocycles. The Morgan fingerprint density at radius 3 is 2.60 bits per heavy atom. The molecule has 7 heteroatoms. The standard InChI is InChI=1S/C13H24N4O2S/c1-2-8-17(13(11-14)6-4-3-5-7-13)20(18,19)12-9-15-16-10-12/h9-10H,2-8,11,14H2,1H3,(H,15,16). The van der Waals surface area contributed by atoms with E-state index >= 15 is 0 Å². The minimum atomic E-state index is -3.53. The predicted octanol–water partition coefficient (Wildman–Crippen LogP) is 1.47. The highest BCUT2D eigenvalue weighted by atomic mass is 32.2. The second kappa shape index (κ2) is 6.24. The number of hydrogen-bond donors (Lipinski definition) is 2. The molecule has 3 N–H and O–H groups in total. The average Bonchev–Trinajstić information content (AvgIpc) is 3.00. The Kier molecular flexibility index (Phi) is 4.82. The van der Waals surface area contributed by atoms with Crippen molar-refractivity contribution in [1.82, 2.24) is 14.5 Å². The summed E-state index contributed by atoms with van der Waals surface area (Å²) < 4.78 is 27.3. The lowest BCUT2D eigenvalue weighted by molar-refractivity contribution is 0.136. The molecular formula is C13H24N4O2S. The monoisotopic (exact) mass is 300 g/mol. The van der Waals surface area contributed by atoms with Gasteiger partial charge in [0.05, 0.1) is 6.20 Å². The fraction of sp³-hybridized carbons (Fsp3) is 0.769.